The fraction of sp³-hybridized carbons (Fsp3) is 0.300. The predicted octanol–water partition coefficient (Wildman–Crippen LogP) is 0.890. The van der Waals surface area contributed by atoms with Gasteiger partial charge in [-0.25, -0.2) is 5.43 Å². The highest BCUT2D eigenvalue weighted by molar-refractivity contribution is 5.23. The average molecular weight is 191 g/mol. The molecule has 0 saturated carbocycles. The van der Waals surface area contributed by atoms with Crippen LogP contribution in [0.5, 0.6) is 0 Å². The van der Waals surface area contributed by atoms with Gasteiger partial charge in [0, 0.05) is 18.8 Å². The van der Waals surface area contributed by atoms with E-state index in [-0.39, 0.29) is 6.04 Å². The lowest BCUT2D eigenvalue weighted by atomic mass is 10.1. The molecular formula is C10H13N3O. The molecule has 1 aromatic heterocycles. The summed E-state index contributed by atoms with van der Waals surface area (Å²) in [5, 5.41) is 0. The number of aromatic nitrogens is 1. The Hall–Kier alpha value is -1.39. The Morgan fingerprint density at radius 2 is 2.50 bits per heavy atom. The molecular weight excluding hydrogens is 178 g/mol. The van der Waals surface area contributed by atoms with Crippen molar-refractivity contribution < 1.29 is 4.74 Å². The van der Waals surface area contributed by atoms with Gasteiger partial charge in [-0.05, 0) is 17.7 Å². The summed E-state index contributed by atoms with van der Waals surface area (Å²) in [7, 11) is 0. The smallest absolute Gasteiger partial charge is 0.115 e. The molecule has 1 aliphatic rings. The zero-order valence-electron chi connectivity index (χ0n) is 7.81. The van der Waals surface area contributed by atoms with E-state index in [9.17, 15) is 0 Å². The van der Waals surface area contributed by atoms with Crippen LogP contribution in [0.2, 0.25) is 0 Å². The van der Waals surface area contributed by atoms with Crippen molar-refractivity contribution in [1.29, 1.82) is 0 Å². The van der Waals surface area contributed by atoms with Crippen LogP contribution in [0.25, 0.3) is 0 Å². The summed E-state index contributed by atoms with van der Waals surface area (Å²) in [5.74, 6) is 6.38. The Kier molecular flexibility index (Phi) is 2.76. The van der Waals surface area contributed by atoms with Gasteiger partial charge >= 0.3 is 0 Å². The topological polar surface area (TPSA) is 60.2 Å². The van der Waals surface area contributed by atoms with Crippen molar-refractivity contribution >= 4 is 0 Å². The average Bonchev–Trinajstić information content (AvgIpc) is 2.74. The maximum absolute atomic E-state index is 5.49. The molecule has 74 valence electrons. The molecule has 4 nitrogen and oxygen atoms in total. The van der Waals surface area contributed by atoms with Crippen molar-refractivity contribution in [2.45, 2.75) is 12.5 Å². The molecule has 0 bridgehead atoms. The summed E-state index contributed by atoms with van der Waals surface area (Å²) in [5.41, 5.74) is 3.74. The summed E-state index contributed by atoms with van der Waals surface area (Å²) >= 11 is 0. The minimum atomic E-state index is -0.0776. The second-order valence-corrected chi connectivity index (χ2v) is 3.13. The van der Waals surface area contributed by atoms with E-state index in [1.165, 1.54) is 0 Å². The highest BCUT2D eigenvalue weighted by atomic mass is 16.5. The lowest BCUT2D eigenvalue weighted by Crippen LogP contribution is -2.29. The van der Waals surface area contributed by atoms with Gasteiger partial charge in [0.15, 0.2) is 0 Å². The SMILES string of the molecule is NNC(C1=CCCO1)c1cccnc1. The van der Waals surface area contributed by atoms with Gasteiger partial charge in [-0.2, -0.15) is 0 Å². The van der Waals surface area contributed by atoms with E-state index in [2.05, 4.69) is 16.5 Å². The van der Waals surface area contributed by atoms with Gasteiger partial charge in [-0.1, -0.05) is 6.07 Å². The summed E-state index contributed by atoms with van der Waals surface area (Å²) in [4.78, 5) is 4.05. The van der Waals surface area contributed by atoms with Crippen molar-refractivity contribution in [2.24, 2.45) is 5.84 Å². The molecule has 4 heteroatoms. The molecule has 0 amide bonds. The van der Waals surface area contributed by atoms with E-state index >= 15 is 0 Å². The van der Waals surface area contributed by atoms with Gasteiger partial charge in [0.25, 0.3) is 0 Å². The lowest BCUT2D eigenvalue weighted by molar-refractivity contribution is 0.215. The highest BCUT2D eigenvalue weighted by Gasteiger charge is 2.19. The van der Waals surface area contributed by atoms with Crippen LogP contribution in [-0.4, -0.2) is 11.6 Å². The van der Waals surface area contributed by atoms with Gasteiger partial charge in [0.05, 0.1) is 6.61 Å². The van der Waals surface area contributed by atoms with Crippen LogP contribution in [0.4, 0.5) is 0 Å². The molecule has 3 N–H and O–H groups in total. The van der Waals surface area contributed by atoms with Gasteiger partial charge in [-0.3, -0.25) is 10.8 Å². The molecule has 14 heavy (non-hydrogen) atoms. The molecule has 2 heterocycles. The third-order valence-electron chi connectivity index (χ3n) is 2.20. The number of nitrogens with two attached hydrogens (primary N) is 1. The fourth-order valence-corrected chi connectivity index (χ4v) is 1.53. The summed E-state index contributed by atoms with van der Waals surface area (Å²) in [6.45, 7) is 0.744. The zero-order chi connectivity index (χ0) is 9.80. The largest absolute Gasteiger partial charge is 0.496 e. The molecule has 2 rings (SSSR count). The molecule has 1 unspecified atom stereocenters. The Morgan fingerprint density at radius 1 is 1.57 bits per heavy atom. The van der Waals surface area contributed by atoms with Crippen LogP contribution < -0.4 is 11.3 Å². The number of pyridine rings is 1. The molecule has 1 atom stereocenters. The first-order valence-electron chi connectivity index (χ1n) is 4.60. The number of hydrogen-bond acceptors (Lipinski definition) is 4. The van der Waals surface area contributed by atoms with E-state index in [0.29, 0.717) is 0 Å². The summed E-state index contributed by atoms with van der Waals surface area (Å²) in [6, 6.07) is 3.78. The summed E-state index contributed by atoms with van der Waals surface area (Å²) < 4.78 is 5.45. The van der Waals surface area contributed by atoms with Crippen LogP contribution in [-0.2, 0) is 4.74 Å². The Bertz CT molecular complexity index is 323. The van der Waals surface area contributed by atoms with E-state index < -0.39 is 0 Å². The fourth-order valence-electron chi connectivity index (χ4n) is 1.53. The normalized spacial score (nSPS) is 17.4. The van der Waals surface area contributed by atoms with Crippen molar-refractivity contribution in [3.63, 3.8) is 0 Å². The third kappa shape index (κ3) is 1.76. The number of hydrazine groups is 1. The van der Waals surface area contributed by atoms with Crippen LogP contribution in [0.15, 0.2) is 36.4 Å². The second kappa shape index (κ2) is 4.21. The van der Waals surface area contributed by atoms with Gasteiger partial charge in [0.1, 0.15) is 11.8 Å². The monoisotopic (exact) mass is 191 g/mol. The molecule has 0 spiro atoms. The predicted molar refractivity (Wildman–Crippen MR) is 53.0 cm³/mol. The molecule has 0 aromatic carbocycles. The van der Waals surface area contributed by atoms with Gasteiger partial charge < -0.3 is 4.74 Å². The minimum absolute atomic E-state index is 0.0776. The third-order valence-corrected chi connectivity index (χ3v) is 2.20. The second-order valence-electron chi connectivity index (χ2n) is 3.13. The molecule has 1 aliphatic heterocycles. The zero-order valence-corrected chi connectivity index (χ0v) is 7.81. The number of ether oxygens (including phenoxy) is 1. The van der Waals surface area contributed by atoms with E-state index in [1.54, 1.807) is 12.4 Å². The van der Waals surface area contributed by atoms with Crippen LogP contribution in [0, 0.1) is 0 Å². The first kappa shape index (κ1) is 9.18. The van der Waals surface area contributed by atoms with E-state index in [4.69, 9.17) is 10.6 Å². The Morgan fingerprint density at radius 3 is 3.07 bits per heavy atom. The Labute approximate surface area is 82.8 Å². The van der Waals surface area contributed by atoms with E-state index in [1.807, 2.05) is 12.1 Å². The summed E-state index contributed by atoms with van der Waals surface area (Å²) in [6.07, 6.45) is 6.53. The molecule has 1 aromatic rings. The van der Waals surface area contributed by atoms with Crippen LogP contribution in [0.1, 0.15) is 18.0 Å². The first-order chi connectivity index (χ1) is 6.92. The maximum atomic E-state index is 5.49. The van der Waals surface area contributed by atoms with Gasteiger partial charge in [0.2, 0.25) is 0 Å². The number of nitrogens with one attached hydrogen (secondary N) is 1. The van der Waals surface area contributed by atoms with E-state index in [0.717, 1.165) is 24.4 Å². The van der Waals surface area contributed by atoms with Crippen molar-refractivity contribution in [3.8, 4) is 0 Å². The molecule has 0 fully saturated rings. The molecule has 0 radical (unpaired) electrons. The van der Waals surface area contributed by atoms with Gasteiger partial charge in [-0.15, -0.1) is 0 Å². The molecule has 0 aliphatic carbocycles. The minimum Gasteiger partial charge on any atom is -0.496 e. The van der Waals surface area contributed by atoms with Crippen molar-refractivity contribution in [1.82, 2.24) is 10.4 Å². The van der Waals surface area contributed by atoms with Crippen molar-refractivity contribution in [2.75, 3.05) is 6.61 Å². The van der Waals surface area contributed by atoms with Crippen molar-refractivity contribution in [3.05, 3.63) is 41.9 Å². The highest BCUT2D eigenvalue weighted by Crippen LogP contribution is 2.24. The van der Waals surface area contributed by atoms with Crippen LogP contribution in [0.3, 0.4) is 0 Å². The Balaban J connectivity index is 2.21. The first-order valence-corrected chi connectivity index (χ1v) is 4.60. The quantitative estimate of drug-likeness (QED) is 0.550. The number of hydrogen-bond donors (Lipinski definition) is 2. The number of nitrogens with zero attached hydrogens (tertiary/aromatic N) is 1. The standard InChI is InChI=1S/C10H13N3O/c11-13-10(9-4-2-6-14-9)8-3-1-5-12-7-8/h1,3-5,7,10,13H,2,6,11H2. The lowest BCUT2D eigenvalue weighted by Gasteiger charge is -2.16. The molecule has 0 saturated heterocycles. The number of rotatable bonds is 3. The maximum Gasteiger partial charge on any atom is 0.115 e. The van der Waals surface area contributed by atoms with Crippen LogP contribution >= 0.6 is 0 Å².